The summed E-state index contributed by atoms with van der Waals surface area (Å²) in [4.78, 5) is 18.1. The Balaban J connectivity index is 1.24. The number of likely N-dealkylation sites (tertiary alicyclic amines) is 1. The second-order valence-corrected chi connectivity index (χ2v) is 12.7. The first-order chi connectivity index (χ1) is 18.2. The van der Waals surface area contributed by atoms with Crippen molar-refractivity contribution in [2.75, 3.05) is 37.6 Å². The minimum atomic E-state index is -0.852. The van der Waals surface area contributed by atoms with Gasteiger partial charge in [0.05, 0.1) is 23.1 Å². The molecule has 2 saturated heterocycles. The fourth-order valence-electron chi connectivity index (χ4n) is 5.54. The first-order valence-electron chi connectivity index (χ1n) is 14.2. The van der Waals surface area contributed by atoms with E-state index in [4.69, 9.17) is 16.3 Å². The van der Waals surface area contributed by atoms with Gasteiger partial charge in [0.1, 0.15) is 11.9 Å². The standard InChI is InChI=1S/C31H42ClN3O3/c1-31(2,3)23-7-9-24(10-8-23)35-17-14-22(19-35)30(37)33-27(20-34-15-4-5-16-34)29(36)21-6-13-28(26(32)18-21)38-25-11-12-25/h6-10,13,18,22,25,27,29,36H,4-5,11-12,14-17,19-20H2,1-3H3,(H,33,37). The summed E-state index contributed by atoms with van der Waals surface area (Å²) in [6, 6.07) is 13.8. The van der Waals surface area contributed by atoms with Gasteiger partial charge in [-0.2, -0.15) is 0 Å². The minimum absolute atomic E-state index is 0.0156. The third-order valence-electron chi connectivity index (χ3n) is 8.14. The van der Waals surface area contributed by atoms with Gasteiger partial charge in [0.2, 0.25) is 5.91 Å². The number of nitrogens with zero attached hydrogens (tertiary/aromatic N) is 2. The van der Waals surface area contributed by atoms with Crippen LogP contribution in [0.15, 0.2) is 42.5 Å². The number of carbonyl (C=O) groups is 1. The molecule has 0 spiro atoms. The molecule has 2 aliphatic heterocycles. The van der Waals surface area contributed by atoms with E-state index in [1.54, 1.807) is 6.07 Å². The van der Waals surface area contributed by atoms with Gasteiger partial charge in [0.25, 0.3) is 0 Å². The molecule has 0 aromatic heterocycles. The van der Waals surface area contributed by atoms with Crippen molar-refractivity contribution in [3.63, 3.8) is 0 Å². The molecule has 2 aromatic carbocycles. The minimum Gasteiger partial charge on any atom is -0.489 e. The highest BCUT2D eigenvalue weighted by Gasteiger charge is 2.33. The number of amides is 1. The molecule has 38 heavy (non-hydrogen) atoms. The average Bonchev–Trinajstić information content (AvgIpc) is 3.33. The maximum Gasteiger partial charge on any atom is 0.225 e. The molecule has 206 valence electrons. The van der Waals surface area contributed by atoms with E-state index in [2.05, 4.69) is 60.2 Å². The summed E-state index contributed by atoms with van der Waals surface area (Å²) >= 11 is 6.50. The summed E-state index contributed by atoms with van der Waals surface area (Å²) in [5.74, 6) is 0.567. The van der Waals surface area contributed by atoms with Crippen LogP contribution >= 0.6 is 11.6 Å². The third kappa shape index (κ3) is 6.64. The van der Waals surface area contributed by atoms with E-state index in [9.17, 15) is 9.90 Å². The summed E-state index contributed by atoms with van der Waals surface area (Å²) < 4.78 is 5.86. The number of halogens is 1. The lowest BCUT2D eigenvalue weighted by Crippen LogP contribution is -2.48. The number of anilines is 1. The van der Waals surface area contributed by atoms with Crippen LogP contribution in [0.1, 0.15) is 70.1 Å². The van der Waals surface area contributed by atoms with Crippen LogP contribution in [0.4, 0.5) is 5.69 Å². The number of nitrogens with one attached hydrogen (secondary N) is 1. The van der Waals surface area contributed by atoms with Crippen LogP contribution in [0.3, 0.4) is 0 Å². The normalized spacial score (nSPS) is 21.9. The van der Waals surface area contributed by atoms with E-state index in [1.165, 1.54) is 5.56 Å². The number of aliphatic hydroxyl groups is 1. The Morgan fingerprint density at radius 3 is 2.42 bits per heavy atom. The quantitative estimate of drug-likeness (QED) is 0.451. The lowest BCUT2D eigenvalue weighted by molar-refractivity contribution is -0.126. The molecule has 2 aromatic rings. The predicted octanol–water partition coefficient (Wildman–Crippen LogP) is 5.32. The fourth-order valence-corrected chi connectivity index (χ4v) is 5.78. The lowest BCUT2D eigenvalue weighted by atomic mass is 9.87. The van der Waals surface area contributed by atoms with Gasteiger partial charge >= 0.3 is 0 Å². The van der Waals surface area contributed by atoms with Gasteiger partial charge in [0.15, 0.2) is 0 Å². The highest BCUT2D eigenvalue weighted by Crippen LogP contribution is 2.34. The van der Waals surface area contributed by atoms with E-state index in [-0.39, 0.29) is 23.3 Å². The van der Waals surface area contributed by atoms with Crippen molar-refractivity contribution < 1.29 is 14.6 Å². The molecule has 6 nitrogen and oxygen atoms in total. The van der Waals surface area contributed by atoms with Crippen LogP contribution in [0.2, 0.25) is 5.02 Å². The topological polar surface area (TPSA) is 65.0 Å². The molecule has 1 aliphatic carbocycles. The fraction of sp³-hybridized carbons (Fsp3) is 0.581. The number of ether oxygens (including phenoxy) is 1. The summed E-state index contributed by atoms with van der Waals surface area (Å²) in [6.07, 6.45) is 4.64. The van der Waals surface area contributed by atoms with E-state index in [0.717, 1.165) is 57.4 Å². The van der Waals surface area contributed by atoms with E-state index in [0.29, 0.717) is 29.4 Å². The lowest BCUT2D eigenvalue weighted by Gasteiger charge is -2.30. The van der Waals surface area contributed by atoms with Gasteiger partial charge in [-0.1, -0.05) is 50.6 Å². The van der Waals surface area contributed by atoms with Crippen molar-refractivity contribution in [2.24, 2.45) is 5.92 Å². The van der Waals surface area contributed by atoms with Crippen molar-refractivity contribution in [2.45, 2.75) is 76.5 Å². The number of carbonyl (C=O) groups excluding carboxylic acids is 1. The van der Waals surface area contributed by atoms with Crippen LogP contribution in [0, 0.1) is 5.92 Å². The van der Waals surface area contributed by atoms with Gasteiger partial charge in [-0.25, -0.2) is 0 Å². The zero-order valence-electron chi connectivity index (χ0n) is 23.0. The zero-order chi connectivity index (χ0) is 26.9. The van der Waals surface area contributed by atoms with Gasteiger partial charge < -0.3 is 25.0 Å². The van der Waals surface area contributed by atoms with Crippen molar-refractivity contribution in [1.82, 2.24) is 10.2 Å². The van der Waals surface area contributed by atoms with Crippen molar-refractivity contribution in [3.05, 3.63) is 58.6 Å². The van der Waals surface area contributed by atoms with Crippen molar-refractivity contribution >= 4 is 23.2 Å². The molecule has 2 heterocycles. The van der Waals surface area contributed by atoms with Gasteiger partial charge in [-0.05, 0) is 86.0 Å². The number of aliphatic hydroxyl groups excluding tert-OH is 1. The van der Waals surface area contributed by atoms with Gasteiger partial charge in [0, 0.05) is 25.3 Å². The number of hydrogen-bond acceptors (Lipinski definition) is 5. The molecule has 0 radical (unpaired) electrons. The highest BCUT2D eigenvalue weighted by atomic mass is 35.5. The molecule has 0 bridgehead atoms. The predicted molar refractivity (Wildman–Crippen MR) is 153 cm³/mol. The summed E-state index contributed by atoms with van der Waals surface area (Å²) in [6.45, 7) is 10.8. The summed E-state index contributed by atoms with van der Waals surface area (Å²) in [5, 5.41) is 15.1. The Bertz CT molecular complexity index is 1110. The van der Waals surface area contributed by atoms with Gasteiger partial charge in [-0.15, -0.1) is 0 Å². The molecule has 3 aliphatic rings. The van der Waals surface area contributed by atoms with E-state index < -0.39 is 12.1 Å². The number of benzene rings is 2. The SMILES string of the molecule is CC(C)(C)c1ccc(N2CCC(C(=O)NC(CN3CCCC3)C(O)c3ccc(OC4CC4)c(Cl)c3)C2)cc1. The third-order valence-corrected chi connectivity index (χ3v) is 8.43. The molecule has 1 saturated carbocycles. The van der Waals surface area contributed by atoms with E-state index >= 15 is 0 Å². The molecule has 3 unspecified atom stereocenters. The number of hydrogen-bond donors (Lipinski definition) is 2. The molecule has 2 N–H and O–H groups in total. The van der Waals surface area contributed by atoms with Crippen LogP contribution in [-0.4, -0.2) is 60.8 Å². The monoisotopic (exact) mass is 539 g/mol. The average molecular weight is 540 g/mol. The molecule has 1 amide bonds. The molecular formula is C31H42ClN3O3. The Morgan fingerprint density at radius 1 is 1.08 bits per heavy atom. The van der Waals surface area contributed by atoms with Crippen molar-refractivity contribution in [3.8, 4) is 5.75 Å². The summed E-state index contributed by atoms with van der Waals surface area (Å²) in [5.41, 5.74) is 3.28. The van der Waals surface area contributed by atoms with Gasteiger partial charge in [-0.3, -0.25) is 4.79 Å². The second kappa shape index (κ2) is 11.4. The maximum absolute atomic E-state index is 13.5. The maximum atomic E-state index is 13.5. The molecule has 5 rings (SSSR count). The van der Waals surface area contributed by atoms with Crippen LogP contribution < -0.4 is 15.0 Å². The molecule has 7 heteroatoms. The Kier molecular flexibility index (Phi) is 8.22. The molecule has 3 fully saturated rings. The first-order valence-corrected chi connectivity index (χ1v) is 14.6. The highest BCUT2D eigenvalue weighted by molar-refractivity contribution is 6.32. The molecular weight excluding hydrogens is 498 g/mol. The Hall–Kier alpha value is -2.28. The Morgan fingerprint density at radius 2 is 1.79 bits per heavy atom. The second-order valence-electron chi connectivity index (χ2n) is 12.3. The number of rotatable bonds is 9. The Labute approximate surface area is 232 Å². The smallest absolute Gasteiger partial charge is 0.225 e. The van der Waals surface area contributed by atoms with Crippen LogP contribution in [0.5, 0.6) is 5.75 Å². The largest absolute Gasteiger partial charge is 0.489 e. The zero-order valence-corrected chi connectivity index (χ0v) is 23.7. The van der Waals surface area contributed by atoms with Crippen LogP contribution in [-0.2, 0) is 10.2 Å². The van der Waals surface area contributed by atoms with E-state index in [1.807, 2.05) is 12.1 Å². The summed E-state index contributed by atoms with van der Waals surface area (Å²) in [7, 11) is 0. The van der Waals surface area contributed by atoms with Crippen LogP contribution in [0.25, 0.3) is 0 Å². The van der Waals surface area contributed by atoms with Crippen molar-refractivity contribution in [1.29, 1.82) is 0 Å². The molecule has 3 atom stereocenters. The first kappa shape index (κ1) is 27.3.